The van der Waals surface area contributed by atoms with Gasteiger partial charge in [-0.1, -0.05) is 30.3 Å². The lowest BCUT2D eigenvalue weighted by atomic mass is 10.1. The minimum absolute atomic E-state index is 0.0503. The summed E-state index contributed by atoms with van der Waals surface area (Å²) in [6, 6.07) is 18.2. The summed E-state index contributed by atoms with van der Waals surface area (Å²) in [5, 5.41) is 5.33. The number of carbonyl (C=O) groups excluding carboxylic acids is 1. The Hall–Kier alpha value is -3.34. The van der Waals surface area contributed by atoms with Crippen molar-refractivity contribution in [3.63, 3.8) is 0 Å². The number of benzene rings is 2. The molecule has 5 nitrogen and oxygen atoms in total. The van der Waals surface area contributed by atoms with Crippen molar-refractivity contribution in [2.75, 3.05) is 13.7 Å². The van der Waals surface area contributed by atoms with E-state index in [1.165, 1.54) is 10.9 Å². The number of hydrogen-bond donors (Lipinski definition) is 2. The average molecular weight is 373 g/mol. The first-order valence-electron chi connectivity index (χ1n) is 9.48. The number of carbonyl (C=O) groups is 1. The normalized spacial score (nSPS) is 11.0. The fourth-order valence-corrected chi connectivity index (χ4v) is 3.40. The second-order valence-electron chi connectivity index (χ2n) is 6.84. The van der Waals surface area contributed by atoms with Crippen LogP contribution in [0.15, 0.2) is 60.8 Å². The third kappa shape index (κ3) is 3.98. The Bertz CT molecular complexity index is 1100. The number of nitrogens with zero attached hydrogens (tertiary/aromatic N) is 1. The van der Waals surface area contributed by atoms with Crippen molar-refractivity contribution in [2.24, 2.45) is 0 Å². The standard InChI is InChI=1S/C23H23N3O2/c1-28-18-9-6-16(7-10-18)12-13-24-23(27)11-8-17-14-20-19-4-2-3-5-21(19)26-22(20)15-25-17/h2-7,9-10,14-15,26H,8,11-13H2,1H3,(H,24,27). The molecule has 4 rings (SSSR count). The molecule has 0 unspecified atom stereocenters. The highest BCUT2D eigenvalue weighted by Crippen LogP contribution is 2.25. The van der Waals surface area contributed by atoms with Crippen LogP contribution in [-0.2, 0) is 17.6 Å². The molecule has 0 saturated carbocycles. The zero-order valence-corrected chi connectivity index (χ0v) is 15.9. The summed E-state index contributed by atoms with van der Waals surface area (Å²) >= 11 is 0. The van der Waals surface area contributed by atoms with Crippen molar-refractivity contribution in [3.05, 3.63) is 72.1 Å². The number of nitrogens with one attached hydrogen (secondary N) is 2. The molecule has 0 bridgehead atoms. The maximum atomic E-state index is 12.2. The molecule has 2 heterocycles. The molecular formula is C23H23N3O2. The predicted octanol–water partition coefficient (Wildman–Crippen LogP) is 4.02. The van der Waals surface area contributed by atoms with E-state index in [1.807, 2.05) is 42.6 Å². The zero-order valence-electron chi connectivity index (χ0n) is 15.9. The molecule has 0 aliphatic carbocycles. The molecule has 0 radical (unpaired) electrons. The van der Waals surface area contributed by atoms with Crippen molar-refractivity contribution >= 4 is 27.7 Å². The summed E-state index contributed by atoms with van der Waals surface area (Å²) in [6.07, 6.45) is 3.72. The van der Waals surface area contributed by atoms with Crippen molar-refractivity contribution in [3.8, 4) is 5.75 Å². The average Bonchev–Trinajstić information content (AvgIpc) is 3.11. The monoisotopic (exact) mass is 373 g/mol. The first kappa shape index (κ1) is 18.0. The SMILES string of the molecule is COc1ccc(CCNC(=O)CCc2cc3c(cn2)[nH]c2ccccc23)cc1. The van der Waals surface area contributed by atoms with Gasteiger partial charge in [-0.15, -0.1) is 0 Å². The van der Waals surface area contributed by atoms with Gasteiger partial charge in [0.05, 0.1) is 18.8 Å². The summed E-state index contributed by atoms with van der Waals surface area (Å²) in [6.45, 7) is 0.625. The third-order valence-corrected chi connectivity index (χ3v) is 4.95. The number of methoxy groups -OCH3 is 1. The number of para-hydroxylation sites is 1. The van der Waals surface area contributed by atoms with Crippen molar-refractivity contribution in [1.82, 2.24) is 15.3 Å². The molecule has 2 aromatic carbocycles. The largest absolute Gasteiger partial charge is 0.497 e. The van der Waals surface area contributed by atoms with Gasteiger partial charge >= 0.3 is 0 Å². The van der Waals surface area contributed by atoms with E-state index in [2.05, 4.69) is 33.5 Å². The number of aryl methyl sites for hydroxylation is 1. The molecule has 5 heteroatoms. The van der Waals surface area contributed by atoms with Gasteiger partial charge in [0.2, 0.25) is 5.91 Å². The van der Waals surface area contributed by atoms with Crippen LogP contribution in [0.4, 0.5) is 0 Å². The number of ether oxygens (including phenoxy) is 1. The number of fused-ring (bicyclic) bond motifs is 3. The highest BCUT2D eigenvalue weighted by Gasteiger charge is 2.07. The Kier molecular flexibility index (Phi) is 5.24. The summed E-state index contributed by atoms with van der Waals surface area (Å²) in [4.78, 5) is 20.0. The maximum Gasteiger partial charge on any atom is 0.220 e. The van der Waals surface area contributed by atoms with E-state index in [4.69, 9.17) is 4.74 Å². The highest BCUT2D eigenvalue weighted by molar-refractivity contribution is 6.06. The van der Waals surface area contributed by atoms with Gasteiger partial charge in [-0.05, 0) is 42.7 Å². The van der Waals surface area contributed by atoms with Gasteiger partial charge in [0.15, 0.2) is 0 Å². The van der Waals surface area contributed by atoms with Gasteiger partial charge in [-0.25, -0.2) is 0 Å². The third-order valence-electron chi connectivity index (χ3n) is 4.95. The van der Waals surface area contributed by atoms with Gasteiger partial charge < -0.3 is 15.0 Å². The number of hydrogen-bond acceptors (Lipinski definition) is 3. The van der Waals surface area contributed by atoms with Crippen molar-refractivity contribution in [2.45, 2.75) is 19.3 Å². The molecule has 2 aromatic heterocycles. The van der Waals surface area contributed by atoms with Gasteiger partial charge in [0, 0.05) is 34.9 Å². The van der Waals surface area contributed by atoms with Crippen molar-refractivity contribution in [1.29, 1.82) is 0 Å². The van der Waals surface area contributed by atoms with Crippen LogP contribution in [0.2, 0.25) is 0 Å². The van der Waals surface area contributed by atoms with E-state index < -0.39 is 0 Å². The minimum atomic E-state index is 0.0503. The number of aromatic nitrogens is 2. The lowest BCUT2D eigenvalue weighted by Crippen LogP contribution is -2.25. The quantitative estimate of drug-likeness (QED) is 0.514. The van der Waals surface area contributed by atoms with E-state index in [1.54, 1.807) is 7.11 Å². The molecule has 1 amide bonds. The van der Waals surface area contributed by atoms with Crippen LogP contribution in [0, 0.1) is 0 Å². The molecule has 0 atom stereocenters. The fraction of sp³-hybridized carbons (Fsp3) is 0.217. The predicted molar refractivity (Wildman–Crippen MR) is 112 cm³/mol. The molecule has 0 aliphatic heterocycles. The van der Waals surface area contributed by atoms with Crippen LogP contribution in [0.1, 0.15) is 17.7 Å². The molecule has 4 aromatic rings. The van der Waals surface area contributed by atoms with Crippen LogP contribution >= 0.6 is 0 Å². The van der Waals surface area contributed by atoms with Crippen LogP contribution < -0.4 is 10.1 Å². The Labute approximate surface area is 163 Å². The van der Waals surface area contributed by atoms with Crippen LogP contribution in [-0.4, -0.2) is 29.5 Å². The van der Waals surface area contributed by atoms with E-state index in [-0.39, 0.29) is 5.91 Å². The van der Waals surface area contributed by atoms with Crippen molar-refractivity contribution < 1.29 is 9.53 Å². The summed E-state index contributed by atoms with van der Waals surface area (Å²) in [5.41, 5.74) is 4.23. The molecule has 0 fully saturated rings. The minimum Gasteiger partial charge on any atom is -0.497 e. The number of pyridine rings is 1. The van der Waals surface area contributed by atoms with Crippen LogP contribution in [0.3, 0.4) is 0 Å². The first-order valence-corrected chi connectivity index (χ1v) is 9.48. The molecule has 28 heavy (non-hydrogen) atoms. The number of amides is 1. The van der Waals surface area contributed by atoms with Gasteiger partial charge in [-0.3, -0.25) is 9.78 Å². The molecule has 142 valence electrons. The Morgan fingerprint density at radius 1 is 1.04 bits per heavy atom. The summed E-state index contributed by atoms with van der Waals surface area (Å²) in [5.74, 6) is 0.891. The summed E-state index contributed by atoms with van der Waals surface area (Å²) in [7, 11) is 1.65. The van der Waals surface area contributed by atoms with E-state index in [9.17, 15) is 4.79 Å². The maximum absolute atomic E-state index is 12.2. The Balaban J connectivity index is 1.31. The van der Waals surface area contributed by atoms with Crippen LogP contribution in [0.5, 0.6) is 5.75 Å². The number of H-pyrrole nitrogens is 1. The molecule has 0 aliphatic rings. The van der Waals surface area contributed by atoms with E-state index >= 15 is 0 Å². The second-order valence-corrected chi connectivity index (χ2v) is 6.84. The van der Waals surface area contributed by atoms with Gasteiger partial charge in [0.1, 0.15) is 5.75 Å². The van der Waals surface area contributed by atoms with E-state index in [0.717, 1.165) is 34.3 Å². The highest BCUT2D eigenvalue weighted by atomic mass is 16.5. The second kappa shape index (κ2) is 8.13. The first-order chi connectivity index (χ1) is 13.7. The number of rotatable bonds is 7. The number of aromatic amines is 1. The zero-order chi connectivity index (χ0) is 19.3. The molecule has 0 spiro atoms. The Morgan fingerprint density at radius 2 is 1.86 bits per heavy atom. The lowest BCUT2D eigenvalue weighted by molar-refractivity contribution is -0.121. The molecular weight excluding hydrogens is 350 g/mol. The lowest BCUT2D eigenvalue weighted by Gasteiger charge is -2.06. The van der Waals surface area contributed by atoms with Crippen LogP contribution in [0.25, 0.3) is 21.8 Å². The fourth-order valence-electron chi connectivity index (χ4n) is 3.40. The van der Waals surface area contributed by atoms with E-state index in [0.29, 0.717) is 19.4 Å². The van der Waals surface area contributed by atoms with Gasteiger partial charge in [-0.2, -0.15) is 0 Å². The topological polar surface area (TPSA) is 67.0 Å². The summed E-state index contributed by atoms with van der Waals surface area (Å²) < 4.78 is 5.15. The van der Waals surface area contributed by atoms with Gasteiger partial charge in [0.25, 0.3) is 0 Å². The Morgan fingerprint density at radius 3 is 2.68 bits per heavy atom. The smallest absolute Gasteiger partial charge is 0.220 e. The molecule has 2 N–H and O–H groups in total. The molecule has 0 saturated heterocycles.